The molecule has 84 valence electrons. The molecule has 2 heterocycles. The molecule has 1 atom stereocenters. The fraction of sp³-hybridized carbons (Fsp3) is 0.727. The van der Waals surface area contributed by atoms with Crippen molar-refractivity contribution in [2.45, 2.75) is 19.3 Å². The minimum Gasteiger partial charge on any atom is -0.381 e. The van der Waals surface area contributed by atoms with E-state index < -0.39 is 0 Å². The summed E-state index contributed by atoms with van der Waals surface area (Å²) < 4.78 is 7.37. The van der Waals surface area contributed by atoms with Crippen molar-refractivity contribution in [3.8, 4) is 0 Å². The highest BCUT2D eigenvalue weighted by molar-refractivity contribution is 6.18. The summed E-state index contributed by atoms with van der Waals surface area (Å²) in [6.45, 7) is 1.67. The maximum atomic E-state index is 6.04. The van der Waals surface area contributed by atoms with Gasteiger partial charge in [0.25, 0.3) is 0 Å². The number of aromatic nitrogens is 2. The molecule has 0 amide bonds. The lowest BCUT2D eigenvalue weighted by molar-refractivity contribution is 0.156. The number of hydrogen-bond donors (Lipinski definition) is 0. The SMILES string of the molecule is Cn1nccc1CCC1(CCl)CCOC1. The van der Waals surface area contributed by atoms with Gasteiger partial charge in [0.15, 0.2) is 0 Å². The molecule has 2 rings (SSSR count). The summed E-state index contributed by atoms with van der Waals surface area (Å²) in [4.78, 5) is 0. The number of aryl methyl sites for hydroxylation is 2. The van der Waals surface area contributed by atoms with Crippen LogP contribution in [-0.4, -0.2) is 28.9 Å². The molecule has 1 aliphatic rings. The molecule has 0 N–H and O–H groups in total. The summed E-state index contributed by atoms with van der Waals surface area (Å²) >= 11 is 6.04. The van der Waals surface area contributed by atoms with Gasteiger partial charge in [0, 0.05) is 36.8 Å². The summed E-state index contributed by atoms with van der Waals surface area (Å²) in [6, 6.07) is 2.07. The van der Waals surface area contributed by atoms with Crippen LogP contribution < -0.4 is 0 Å². The normalized spacial score (nSPS) is 26.0. The van der Waals surface area contributed by atoms with E-state index in [2.05, 4.69) is 11.2 Å². The monoisotopic (exact) mass is 228 g/mol. The highest BCUT2D eigenvalue weighted by Gasteiger charge is 2.33. The third kappa shape index (κ3) is 2.34. The summed E-state index contributed by atoms with van der Waals surface area (Å²) in [7, 11) is 1.98. The minimum absolute atomic E-state index is 0.200. The predicted octanol–water partition coefficient (Wildman–Crippen LogP) is 2.00. The Bertz CT molecular complexity index is 318. The van der Waals surface area contributed by atoms with Crippen molar-refractivity contribution in [1.82, 2.24) is 9.78 Å². The molecule has 1 aliphatic heterocycles. The van der Waals surface area contributed by atoms with Gasteiger partial charge in [-0.15, -0.1) is 11.6 Å². The Kier molecular flexibility index (Phi) is 3.32. The first-order chi connectivity index (χ1) is 7.26. The lowest BCUT2D eigenvalue weighted by Crippen LogP contribution is -2.24. The van der Waals surface area contributed by atoms with Crippen LogP contribution in [0.3, 0.4) is 0 Å². The molecule has 1 fully saturated rings. The predicted molar refractivity (Wildman–Crippen MR) is 60.1 cm³/mol. The summed E-state index contributed by atoms with van der Waals surface area (Å²) in [6.07, 6.45) is 5.06. The fourth-order valence-corrected chi connectivity index (χ4v) is 2.40. The van der Waals surface area contributed by atoms with E-state index >= 15 is 0 Å². The molecule has 0 spiro atoms. The van der Waals surface area contributed by atoms with Gasteiger partial charge in [-0.25, -0.2) is 0 Å². The first-order valence-corrected chi connectivity index (χ1v) is 5.90. The maximum Gasteiger partial charge on any atom is 0.0534 e. The largest absolute Gasteiger partial charge is 0.381 e. The Hall–Kier alpha value is -0.540. The van der Waals surface area contributed by atoms with Gasteiger partial charge >= 0.3 is 0 Å². The standard InChI is InChI=1S/C11H17ClN2O/c1-14-10(3-6-13-14)2-4-11(8-12)5-7-15-9-11/h3,6H,2,4-5,7-9H2,1H3. The molecule has 1 aromatic rings. The van der Waals surface area contributed by atoms with Crippen LogP contribution in [0.5, 0.6) is 0 Å². The van der Waals surface area contributed by atoms with Gasteiger partial charge < -0.3 is 4.74 Å². The molecule has 4 heteroatoms. The van der Waals surface area contributed by atoms with Crippen LogP contribution in [0.1, 0.15) is 18.5 Å². The van der Waals surface area contributed by atoms with Crippen LogP contribution in [0.25, 0.3) is 0 Å². The third-order valence-corrected chi connectivity index (χ3v) is 3.87. The van der Waals surface area contributed by atoms with Gasteiger partial charge in [-0.1, -0.05) is 0 Å². The Labute approximate surface area is 95.4 Å². The van der Waals surface area contributed by atoms with E-state index in [0.29, 0.717) is 5.88 Å². The molecule has 0 saturated carbocycles. The maximum absolute atomic E-state index is 6.04. The van der Waals surface area contributed by atoms with Crippen molar-refractivity contribution in [3.63, 3.8) is 0 Å². The van der Waals surface area contributed by atoms with Crippen molar-refractivity contribution >= 4 is 11.6 Å². The van der Waals surface area contributed by atoms with Gasteiger partial charge in [-0.2, -0.15) is 5.10 Å². The zero-order chi connectivity index (χ0) is 10.7. The topological polar surface area (TPSA) is 27.1 Å². The first-order valence-electron chi connectivity index (χ1n) is 5.36. The summed E-state index contributed by atoms with van der Waals surface area (Å²) in [5.74, 6) is 0.699. The zero-order valence-electron chi connectivity index (χ0n) is 9.08. The molecule has 1 unspecified atom stereocenters. The lowest BCUT2D eigenvalue weighted by atomic mass is 9.84. The molecule has 15 heavy (non-hydrogen) atoms. The van der Waals surface area contributed by atoms with E-state index in [1.165, 1.54) is 5.69 Å². The molecule has 3 nitrogen and oxygen atoms in total. The van der Waals surface area contributed by atoms with E-state index in [1.54, 1.807) is 0 Å². The average Bonchev–Trinajstić information content (AvgIpc) is 2.85. The fourth-order valence-electron chi connectivity index (χ4n) is 2.06. The number of ether oxygens (including phenoxy) is 1. The molecule has 0 radical (unpaired) electrons. The Morgan fingerprint density at radius 2 is 2.53 bits per heavy atom. The highest BCUT2D eigenvalue weighted by Crippen LogP contribution is 2.34. The molecular weight excluding hydrogens is 212 g/mol. The average molecular weight is 229 g/mol. The quantitative estimate of drug-likeness (QED) is 0.738. The number of hydrogen-bond acceptors (Lipinski definition) is 2. The van der Waals surface area contributed by atoms with Crippen molar-refractivity contribution in [2.75, 3.05) is 19.1 Å². The van der Waals surface area contributed by atoms with Gasteiger partial charge in [0.05, 0.1) is 6.61 Å². The first kappa shape index (κ1) is 11.0. The van der Waals surface area contributed by atoms with Crippen molar-refractivity contribution in [1.29, 1.82) is 0 Å². The summed E-state index contributed by atoms with van der Waals surface area (Å²) in [5, 5.41) is 4.16. The van der Waals surface area contributed by atoms with Gasteiger partial charge in [-0.05, 0) is 25.3 Å². The number of rotatable bonds is 4. The second-order valence-corrected chi connectivity index (χ2v) is 4.65. The molecule has 1 saturated heterocycles. The van der Waals surface area contributed by atoms with Crippen LogP contribution >= 0.6 is 11.6 Å². The second-order valence-electron chi connectivity index (χ2n) is 4.38. The summed E-state index contributed by atoms with van der Waals surface area (Å²) in [5.41, 5.74) is 1.47. The lowest BCUT2D eigenvalue weighted by Gasteiger charge is -2.24. The van der Waals surface area contributed by atoms with Crippen LogP contribution in [0.2, 0.25) is 0 Å². The van der Waals surface area contributed by atoms with E-state index in [1.807, 2.05) is 17.9 Å². The highest BCUT2D eigenvalue weighted by atomic mass is 35.5. The van der Waals surface area contributed by atoms with Crippen LogP contribution in [-0.2, 0) is 18.2 Å². The van der Waals surface area contributed by atoms with Gasteiger partial charge in [0.2, 0.25) is 0 Å². The van der Waals surface area contributed by atoms with Crippen LogP contribution in [0, 0.1) is 5.41 Å². The van der Waals surface area contributed by atoms with E-state index in [4.69, 9.17) is 16.3 Å². The van der Waals surface area contributed by atoms with E-state index in [-0.39, 0.29) is 5.41 Å². The van der Waals surface area contributed by atoms with E-state index in [9.17, 15) is 0 Å². The number of nitrogens with zero attached hydrogens (tertiary/aromatic N) is 2. The molecule has 0 bridgehead atoms. The molecule has 0 aromatic carbocycles. The van der Waals surface area contributed by atoms with Crippen molar-refractivity contribution in [2.24, 2.45) is 12.5 Å². The third-order valence-electron chi connectivity index (χ3n) is 3.30. The molecule has 1 aromatic heterocycles. The van der Waals surface area contributed by atoms with Gasteiger partial charge in [0.1, 0.15) is 0 Å². The second kappa shape index (κ2) is 4.54. The van der Waals surface area contributed by atoms with Gasteiger partial charge in [-0.3, -0.25) is 4.68 Å². The number of halogens is 1. The van der Waals surface area contributed by atoms with Crippen LogP contribution in [0.15, 0.2) is 12.3 Å². The van der Waals surface area contributed by atoms with Crippen molar-refractivity contribution < 1.29 is 4.74 Å². The molecular formula is C11H17ClN2O. The minimum atomic E-state index is 0.200. The zero-order valence-corrected chi connectivity index (χ0v) is 9.83. The van der Waals surface area contributed by atoms with Crippen molar-refractivity contribution in [3.05, 3.63) is 18.0 Å². The van der Waals surface area contributed by atoms with E-state index in [0.717, 1.165) is 32.5 Å². The number of alkyl halides is 1. The smallest absolute Gasteiger partial charge is 0.0534 e. The molecule has 0 aliphatic carbocycles. The Morgan fingerprint density at radius 1 is 1.67 bits per heavy atom. The Balaban J connectivity index is 1.94. The Morgan fingerprint density at radius 3 is 3.07 bits per heavy atom. The van der Waals surface area contributed by atoms with Crippen LogP contribution in [0.4, 0.5) is 0 Å².